The molecule has 1 heteroatoms. The minimum absolute atomic E-state index is 0.00926. The van der Waals surface area contributed by atoms with Crippen molar-refractivity contribution >= 4 is 5.78 Å². The quantitative estimate of drug-likeness (QED) is 0.555. The fourth-order valence-electron chi connectivity index (χ4n) is 1.09. The molecule has 0 fully saturated rings. The average molecular weight is 154 g/mol. The van der Waals surface area contributed by atoms with E-state index in [4.69, 9.17) is 0 Å². The monoisotopic (exact) mass is 154 g/mol. The molecule has 12 heavy (non-hydrogen) atoms. The number of hydrogen-bond donors (Lipinski definition) is 0. The maximum atomic E-state index is 11.5. The van der Waals surface area contributed by atoms with Crippen molar-refractivity contribution in [1.29, 1.82) is 0 Å². The number of ketones is 1. The van der Waals surface area contributed by atoms with E-state index in [2.05, 4.69) is 11.5 Å². The van der Waals surface area contributed by atoms with Gasteiger partial charge in [-0.2, -0.15) is 0 Å². The molecule has 0 N–H and O–H groups in total. The van der Waals surface area contributed by atoms with Crippen molar-refractivity contribution in [1.82, 2.24) is 0 Å². The molecule has 2 aliphatic rings. The van der Waals surface area contributed by atoms with E-state index < -0.39 is 0 Å². The Kier molecular flexibility index (Phi) is 1.53. The van der Waals surface area contributed by atoms with Gasteiger partial charge < -0.3 is 0 Å². The second kappa shape index (κ2) is 2.67. The molecule has 0 aromatic heterocycles. The molecule has 0 aromatic carbocycles. The molecule has 0 saturated heterocycles. The summed E-state index contributed by atoms with van der Waals surface area (Å²) in [5.74, 6) is -0.00926. The molecular weight excluding hydrogens is 148 g/mol. The normalized spacial score (nSPS) is 17.0. The summed E-state index contributed by atoms with van der Waals surface area (Å²) < 4.78 is 0. The first-order valence-electron chi connectivity index (χ1n) is 3.69. The third-order valence-electron chi connectivity index (χ3n) is 1.69. The molecule has 0 aliphatic heterocycles. The van der Waals surface area contributed by atoms with Crippen molar-refractivity contribution in [2.75, 3.05) is 0 Å². The Labute approximate surface area is 70.4 Å². The molecule has 0 atom stereocenters. The molecule has 0 spiro atoms. The number of hydrogen-bond acceptors (Lipinski definition) is 1. The molecule has 0 saturated carbocycles. The first-order chi connectivity index (χ1) is 5.88. The van der Waals surface area contributed by atoms with Gasteiger partial charge in [0.25, 0.3) is 0 Å². The maximum Gasteiger partial charge on any atom is 0.208 e. The van der Waals surface area contributed by atoms with Crippen LogP contribution in [0.15, 0.2) is 59.1 Å². The summed E-state index contributed by atoms with van der Waals surface area (Å²) >= 11 is 0. The summed E-state index contributed by atoms with van der Waals surface area (Å²) in [4.78, 5) is 11.5. The summed E-state index contributed by atoms with van der Waals surface area (Å²) in [6, 6.07) is 0. The largest absolute Gasteiger partial charge is 0.287 e. The fraction of sp³-hybridized carbons (Fsp3) is 0. The molecular formula is C11H6O. The zero-order chi connectivity index (χ0) is 8.39. The Bertz CT molecular complexity index is 378. The Morgan fingerprint density at radius 3 is 1.83 bits per heavy atom. The lowest BCUT2D eigenvalue weighted by molar-refractivity contribution is -0.111. The Morgan fingerprint density at radius 2 is 1.50 bits per heavy atom. The molecule has 0 radical (unpaired) electrons. The lowest BCUT2D eigenvalue weighted by atomic mass is 10.1. The highest BCUT2D eigenvalue weighted by molar-refractivity contribution is 6.12. The van der Waals surface area contributed by atoms with E-state index in [1.807, 2.05) is 0 Å². The minimum atomic E-state index is -0.00926. The number of carbonyl (C=O) groups is 1. The Hall–Kier alpha value is -1.81. The van der Waals surface area contributed by atoms with Crippen molar-refractivity contribution in [3.8, 4) is 0 Å². The van der Waals surface area contributed by atoms with E-state index in [1.165, 1.54) is 0 Å². The highest BCUT2D eigenvalue weighted by atomic mass is 16.1. The van der Waals surface area contributed by atoms with E-state index in [0.29, 0.717) is 11.1 Å². The molecule has 0 bridgehead atoms. The summed E-state index contributed by atoms with van der Waals surface area (Å²) in [6.45, 7) is 0. The van der Waals surface area contributed by atoms with Crippen LogP contribution in [0.3, 0.4) is 0 Å². The van der Waals surface area contributed by atoms with Crippen LogP contribution in [-0.4, -0.2) is 5.78 Å². The van der Waals surface area contributed by atoms with E-state index in [-0.39, 0.29) is 5.78 Å². The van der Waals surface area contributed by atoms with Crippen LogP contribution < -0.4 is 0 Å². The standard InChI is InChI=1S/C11H6O/c12-11(9-5-1-2-6-9)10-7-3-4-8-10/h1-5,7H. The van der Waals surface area contributed by atoms with Crippen LogP contribution in [0, 0.1) is 0 Å². The van der Waals surface area contributed by atoms with Gasteiger partial charge in [0, 0.05) is 0 Å². The Balaban J connectivity index is 2.33. The highest BCUT2D eigenvalue weighted by Crippen LogP contribution is 2.12. The van der Waals surface area contributed by atoms with Gasteiger partial charge in [0.2, 0.25) is 5.78 Å². The van der Waals surface area contributed by atoms with Crippen LogP contribution in [0.2, 0.25) is 0 Å². The third kappa shape index (κ3) is 1.04. The molecule has 0 aromatic rings. The first-order valence-corrected chi connectivity index (χ1v) is 3.69. The van der Waals surface area contributed by atoms with Gasteiger partial charge in [0.1, 0.15) is 0 Å². The van der Waals surface area contributed by atoms with Crippen molar-refractivity contribution in [3.63, 3.8) is 0 Å². The fourth-order valence-corrected chi connectivity index (χ4v) is 1.09. The van der Waals surface area contributed by atoms with Gasteiger partial charge in [-0.1, -0.05) is 12.2 Å². The van der Waals surface area contributed by atoms with E-state index in [1.54, 1.807) is 36.5 Å². The zero-order valence-electron chi connectivity index (χ0n) is 6.37. The maximum absolute atomic E-state index is 11.5. The van der Waals surface area contributed by atoms with Crippen molar-refractivity contribution < 1.29 is 4.79 Å². The average Bonchev–Trinajstić information content (AvgIpc) is 2.77. The smallest absolute Gasteiger partial charge is 0.208 e. The number of rotatable bonds is 2. The van der Waals surface area contributed by atoms with Crippen molar-refractivity contribution in [3.05, 3.63) is 59.1 Å². The second-order valence-corrected chi connectivity index (χ2v) is 2.50. The van der Waals surface area contributed by atoms with Gasteiger partial charge in [-0.3, -0.25) is 4.79 Å². The van der Waals surface area contributed by atoms with Crippen LogP contribution >= 0.6 is 0 Å². The number of allylic oxidation sites excluding steroid dienone is 6. The van der Waals surface area contributed by atoms with E-state index >= 15 is 0 Å². The van der Waals surface area contributed by atoms with E-state index in [0.717, 1.165) is 0 Å². The van der Waals surface area contributed by atoms with Crippen LogP contribution in [0.5, 0.6) is 0 Å². The first kappa shape index (κ1) is 6.87. The van der Waals surface area contributed by atoms with Crippen molar-refractivity contribution in [2.24, 2.45) is 0 Å². The lowest BCUT2D eigenvalue weighted by Gasteiger charge is -1.92. The van der Waals surface area contributed by atoms with Gasteiger partial charge in [0.15, 0.2) is 0 Å². The molecule has 1 nitrogen and oxygen atoms in total. The Morgan fingerprint density at radius 1 is 1.00 bits per heavy atom. The highest BCUT2D eigenvalue weighted by Gasteiger charge is 2.11. The molecule has 0 unspecified atom stereocenters. The molecule has 56 valence electrons. The molecule has 2 aliphatic carbocycles. The van der Waals surface area contributed by atoms with Gasteiger partial charge >= 0.3 is 0 Å². The SMILES string of the molecule is O=C(C1=C=CC=C1)C1=C=CC=C1. The van der Waals surface area contributed by atoms with Crippen LogP contribution in [-0.2, 0) is 4.79 Å². The van der Waals surface area contributed by atoms with E-state index in [9.17, 15) is 4.79 Å². The summed E-state index contributed by atoms with van der Waals surface area (Å²) in [6.07, 6.45) is 10.6. The third-order valence-corrected chi connectivity index (χ3v) is 1.69. The van der Waals surface area contributed by atoms with Gasteiger partial charge in [-0.05, 0) is 24.3 Å². The van der Waals surface area contributed by atoms with Crippen LogP contribution in [0.4, 0.5) is 0 Å². The topological polar surface area (TPSA) is 17.1 Å². The summed E-state index contributed by atoms with van der Waals surface area (Å²) in [7, 11) is 0. The van der Waals surface area contributed by atoms with Crippen LogP contribution in [0.1, 0.15) is 0 Å². The van der Waals surface area contributed by atoms with Crippen LogP contribution in [0.25, 0.3) is 0 Å². The predicted octanol–water partition coefficient (Wildman–Crippen LogP) is 1.86. The molecule has 2 rings (SSSR count). The van der Waals surface area contributed by atoms with Crippen molar-refractivity contribution in [2.45, 2.75) is 0 Å². The summed E-state index contributed by atoms with van der Waals surface area (Å²) in [5, 5.41) is 0. The van der Waals surface area contributed by atoms with Gasteiger partial charge in [-0.15, -0.1) is 11.5 Å². The van der Waals surface area contributed by atoms with Gasteiger partial charge in [0.05, 0.1) is 11.1 Å². The number of carbonyl (C=O) groups excluding carboxylic acids is 1. The minimum Gasteiger partial charge on any atom is -0.287 e. The van der Waals surface area contributed by atoms with Gasteiger partial charge in [-0.25, -0.2) is 0 Å². The molecule has 0 amide bonds. The zero-order valence-corrected chi connectivity index (χ0v) is 6.37. The number of Topliss-reactive ketones (excluding diaryl/α,β-unsaturated/α-hetero) is 1. The lowest BCUT2D eigenvalue weighted by Crippen LogP contribution is -1.99. The molecule has 0 heterocycles. The summed E-state index contributed by atoms with van der Waals surface area (Å²) in [5.41, 5.74) is 6.93. The predicted molar refractivity (Wildman–Crippen MR) is 46.5 cm³/mol. The second-order valence-electron chi connectivity index (χ2n) is 2.50.